The van der Waals surface area contributed by atoms with Crippen molar-refractivity contribution in [1.29, 1.82) is 0 Å². The summed E-state index contributed by atoms with van der Waals surface area (Å²) in [5.41, 5.74) is 1.07. The van der Waals surface area contributed by atoms with Crippen LogP contribution in [-0.2, 0) is 19.2 Å². The quantitative estimate of drug-likeness (QED) is 0.381. The van der Waals surface area contributed by atoms with Crippen LogP contribution in [0.5, 0.6) is 11.5 Å². The SMILES string of the molecule is COc1ccc(/C=C2\SC(=O)N([C@H](C[C@H](C(=O)O)N3C(=O)S/C(=C\c4ccc(OC)cc4)C3=O)C(=O)O)C2=O)cc1. The summed E-state index contributed by atoms with van der Waals surface area (Å²) in [5.74, 6) is -4.11. The lowest BCUT2D eigenvalue weighted by Gasteiger charge is -2.27. The van der Waals surface area contributed by atoms with Gasteiger partial charge in [0.25, 0.3) is 22.3 Å². The third kappa shape index (κ3) is 6.28. The van der Waals surface area contributed by atoms with Crippen molar-refractivity contribution in [2.45, 2.75) is 18.5 Å². The molecule has 2 aliphatic heterocycles. The Hall–Kier alpha value is -4.56. The maximum Gasteiger partial charge on any atom is 0.327 e. The van der Waals surface area contributed by atoms with E-state index in [1.54, 1.807) is 48.5 Å². The molecule has 2 aliphatic rings. The van der Waals surface area contributed by atoms with Gasteiger partial charge in [-0.05, 0) is 71.1 Å². The number of thioether (sulfide) groups is 2. The Bertz CT molecular complexity index is 1370. The molecule has 2 fully saturated rings. The third-order valence-electron chi connectivity index (χ3n) is 6.11. The van der Waals surface area contributed by atoms with Gasteiger partial charge >= 0.3 is 11.9 Å². The number of imide groups is 2. The summed E-state index contributed by atoms with van der Waals surface area (Å²) in [7, 11) is 2.97. The molecule has 0 spiro atoms. The van der Waals surface area contributed by atoms with Gasteiger partial charge in [-0.1, -0.05) is 24.3 Å². The minimum atomic E-state index is -1.97. The highest BCUT2D eigenvalue weighted by Gasteiger charge is 2.49. The normalized spacial score (nSPS) is 18.8. The lowest BCUT2D eigenvalue weighted by molar-refractivity contribution is -0.151. The number of nitrogens with zero attached hydrogens (tertiary/aromatic N) is 2. The van der Waals surface area contributed by atoms with Crippen molar-refractivity contribution in [2.24, 2.45) is 0 Å². The molecule has 0 aliphatic carbocycles. The van der Waals surface area contributed by atoms with Gasteiger partial charge < -0.3 is 19.7 Å². The Morgan fingerprint density at radius 3 is 1.34 bits per heavy atom. The Morgan fingerprint density at radius 1 is 0.707 bits per heavy atom. The van der Waals surface area contributed by atoms with Gasteiger partial charge in [0, 0.05) is 6.42 Å². The molecule has 2 heterocycles. The molecule has 2 N–H and O–H groups in total. The van der Waals surface area contributed by atoms with E-state index in [1.165, 1.54) is 26.4 Å². The lowest BCUT2D eigenvalue weighted by Crippen LogP contribution is -2.52. The number of rotatable bonds is 10. The first-order chi connectivity index (χ1) is 19.5. The fourth-order valence-electron chi connectivity index (χ4n) is 4.04. The van der Waals surface area contributed by atoms with Gasteiger partial charge in [0.1, 0.15) is 23.6 Å². The van der Waals surface area contributed by atoms with E-state index in [-0.39, 0.29) is 9.81 Å². The number of amides is 4. The summed E-state index contributed by atoms with van der Waals surface area (Å²) < 4.78 is 10.2. The smallest absolute Gasteiger partial charge is 0.327 e. The van der Waals surface area contributed by atoms with Crippen LogP contribution in [-0.4, -0.2) is 80.5 Å². The standard InChI is InChI=1S/C27H22N2O10S2/c1-38-16-7-3-14(4-8-16)11-20-22(30)28(26(36)40-20)18(24(32)33)13-19(25(34)35)29-23(31)21(41-27(29)37)12-15-5-9-17(39-2)10-6-15/h3-12,18-19H,13H2,1-2H3,(H,32,33)(H,34,35)/b20-11-,21-12-/t18-,19-/m1/s1. The molecule has 4 amide bonds. The molecule has 2 aromatic rings. The van der Waals surface area contributed by atoms with Crippen molar-refractivity contribution in [3.05, 3.63) is 69.5 Å². The molecule has 0 saturated carbocycles. The first-order valence-corrected chi connectivity index (χ1v) is 13.4. The predicted molar refractivity (Wildman–Crippen MR) is 149 cm³/mol. The first-order valence-electron chi connectivity index (χ1n) is 11.8. The Morgan fingerprint density at radius 2 is 1.05 bits per heavy atom. The zero-order valence-corrected chi connectivity index (χ0v) is 23.1. The summed E-state index contributed by atoms with van der Waals surface area (Å²) in [6, 6.07) is 9.10. The fourth-order valence-corrected chi connectivity index (χ4v) is 5.80. The van der Waals surface area contributed by atoms with Gasteiger partial charge in [0.15, 0.2) is 0 Å². The first kappa shape index (κ1) is 29.4. The van der Waals surface area contributed by atoms with Crippen LogP contribution < -0.4 is 9.47 Å². The van der Waals surface area contributed by atoms with E-state index in [2.05, 4.69) is 0 Å². The van der Waals surface area contributed by atoms with Gasteiger partial charge in [-0.2, -0.15) is 0 Å². The highest BCUT2D eigenvalue weighted by molar-refractivity contribution is 8.18. The third-order valence-corrected chi connectivity index (χ3v) is 7.88. The van der Waals surface area contributed by atoms with E-state index >= 15 is 0 Å². The van der Waals surface area contributed by atoms with E-state index < -0.39 is 52.7 Å². The van der Waals surface area contributed by atoms with Crippen LogP contribution in [0.3, 0.4) is 0 Å². The van der Waals surface area contributed by atoms with Crippen LogP contribution >= 0.6 is 23.5 Å². The van der Waals surface area contributed by atoms with E-state index in [0.29, 0.717) is 55.9 Å². The number of aliphatic carboxylic acids is 2. The van der Waals surface area contributed by atoms with Gasteiger partial charge in [-0.3, -0.25) is 29.0 Å². The molecule has 0 radical (unpaired) electrons. The number of carbonyl (C=O) groups excluding carboxylic acids is 4. The second-order valence-electron chi connectivity index (χ2n) is 8.59. The fraction of sp³-hybridized carbons (Fsp3) is 0.185. The monoisotopic (exact) mass is 598 g/mol. The van der Waals surface area contributed by atoms with Gasteiger partial charge in [0.05, 0.1) is 24.0 Å². The maximum absolute atomic E-state index is 13.1. The zero-order chi connectivity index (χ0) is 29.8. The highest BCUT2D eigenvalue weighted by Crippen LogP contribution is 2.38. The second-order valence-corrected chi connectivity index (χ2v) is 10.6. The second kappa shape index (κ2) is 12.3. The lowest BCUT2D eigenvalue weighted by atomic mass is 10.0. The minimum Gasteiger partial charge on any atom is -0.497 e. The Balaban J connectivity index is 1.58. The van der Waals surface area contributed by atoms with Crippen molar-refractivity contribution >= 4 is 69.9 Å². The molecule has 0 aromatic heterocycles. The van der Waals surface area contributed by atoms with E-state index in [0.717, 1.165) is 0 Å². The van der Waals surface area contributed by atoms with Crippen molar-refractivity contribution in [3.8, 4) is 11.5 Å². The molecular formula is C27H22N2O10S2. The molecule has 12 nitrogen and oxygen atoms in total. The molecule has 2 aromatic carbocycles. The van der Waals surface area contributed by atoms with Crippen LogP contribution in [0, 0.1) is 0 Å². The number of hydrogen-bond acceptors (Lipinski definition) is 10. The van der Waals surface area contributed by atoms with Crippen molar-refractivity contribution in [3.63, 3.8) is 0 Å². The molecule has 2 atom stereocenters. The summed E-state index contributed by atoms with van der Waals surface area (Å²) in [4.78, 5) is 76.9. The summed E-state index contributed by atoms with van der Waals surface area (Å²) >= 11 is 0.984. The van der Waals surface area contributed by atoms with Crippen LogP contribution in [0.4, 0.5) is 9.59 Å². The number of carboxylic acid groups (broad SMARTS) is 2. The summed E-state index contributed by atoms with van der Waals surface area (Å²) in [5, 5.41) is 17.9. The highest BCUT2D eigenvalue weighted by atomic mass is 32.2. The van der Waals surface area contributed by atoms with Crippen LogP contribution in [0.1, 0.15) is 17.5 Å². The van der Waals surface area contributed by atoms with Gasteiger partial charge in [-0.25, -0.2) is 9.59 Å². The van der Waals surface area contributed by atoms with Gasteiger partial charge in [-0.15, -0.1) is 0 Å². The maximum atomic E-state index is 13.1. The van der Waals surface area contributed by atoms with Gasteiger partial charge in [0.2, 0.25) is 0 Å². The van der Waals surface area contributed by atoms with Crippen LogP contribution in [0.2, 0.25) is 0 Å². The number of ether oxygens (including phenoxy) is 2. The van der Waals surface area contributed by atoms with Crippen molar-refractivity contribution < 1.29 is 48.5 Å². The average Bonchev–Trinajstić information content (AvgIpc) is 3.38. The summed E-state index contributed by atoms with van der Waals surface area (Å²) in [6.07, 6.45) is 1.86. The minimum absolute atomic E-state index is 0.0770. The Kier molecular flexibility index (Phi) is 8.83. The molecule has 14 heteroatoms. The van der Waals surface area contributed by atoms with Crippen LogP contribution in [0.15, 0.2) is 58.3 Å². The van der Waals surface area contributed by atoms with E-state index in [9.17, 15) is 39.0 Å². The van der Waals surface area contributed by atoms with Crippen molar-refractivity contribution in [1.82, 2.24) is 9.80 Å². The molecule has 2 saturated heterocycles. The largest absolute Gasteiger partial charge is 0.497 e. The molecule has 0 bridgehead atoms. The van der Waals surface area contributed by atoms with E-state index in [1.807, 2.05) is 0 Å². The zero-order valence-electron chi connectivity index (χ0n) is 21.5. The number of carboxylic acids is 2. The summed E-state index contributed by atoms with van der Waals surface area (Å²) in [6.45, 7) is 0. The molecule has 0 unspecified atom stereocenters. The Labute approximate surface area is 241 Å². The number of benzene rings is 2. The van der Waals surface area contributed by atoms with Crippen molar-refractivity contribution in [2.75, 3.05) is 14.2 Å². The molecule has 41 heavy (non-hydrogen) atoms. The topological polar surface area (TPSA) is 168 Å². The number of carbonyl (C=O) groups is 6. The number of hydrogen-bond donors (Lipinski definition) is 2. The van der Waals surface area contributed by atoms with E-state index in [4.69, 9.17) is 9.47 Å². The molecular weight excluding hydrogens is 576 g/mol. The predicted octanol–water partition coefficient (Wildman–Crippen LogP) is 3.77. The molecule has 212 valence electrons. The average molecular weight is 599 g/mol. The molecule has 4 rings (SSSR count). The number of methoxy groups -OCH3 is 2. The van der Waals surface area contributed by atoms with Crippen LogP contribution in [0.25, 0.3) is 12.2 Å².